The summed E-state index contributed by atoms with van der Waals surface area (Å²) in [6.45, 7) is 6.33. The first-order chi connectivity index (χ1) is 14.0. The molecule has 1 aliphatic heterocycles. The van der Waals surface area contributed by atoms with E-state index in [4.69, 9.17) is 25.8 Å². The number of carbonyl (C=O) groups is 2. The lowest BCUT2D eigenvalue weighted by Crippen LogP contribution is -2.37. The molecule has 1 saturated heterocycles. The number of esters is 1. The number of carbonyl (C=O) groups excluding carboxylic acids is 2. The maximum atomic E-state index is 12.1. The van der Waals surface area contributed by atoms with Gasteiger partial charge in [-0.2, -0.15) is 0 Å². The van der Waals surface area contributed by atoms with Crippen LogP contribution in [0.5, 0.6) is 0 Å². The van der Waals surface area contributed by atoms with Crippen LogP contribution in [0, 0.1) is 0 Å². The lowest BCUT2D eigenvalue weighted by molar-refractivity contribution is -0.147. The molecule has 2 heterocycles. The minimum atomic E-state index is -0.735. The molecule has 3 unspecified atom stereocenters. The molecule has 166 valence electrons. The summed E-state index contributed by atoms with van der Waals surface area (Å²) >= 11 is 6.28. The monoisotopic (exact) mass is 443 g/mol. The summed E-state index contributed by atoms with van der Waals surface area (Å²) in [5.74, 6) is -0.687. The van der Waals surface area contributed by atoms with Crippen molar-refractivity contribution in [2.75, 3.05) is 13.2 Å². The predicted octanol–water partition coefficient (Wildman–Crippen LogP) is 1.53. The van der Waals surface area contributed by atoms with Gasteiger partial charge >= 0.3 is 17.8 Å². The number of nitrogens with one attached hydrogen (secondary N) is 2. The molecule has 3 atom stereocenters. The average molecular weight is 444 g/mol. The molecular formula is C19H26ClN3O7. The second-order valence-electron chi connectivity index (χ2n) is 7.67. The Morgan fingerprint density at radius 1 is 1.40 bits per heavy atom. The van der Waals surface area contributed by atoms with E-state index in [0.717, 1.165) is 0 Å². The number of nitrogens with zero attached hydrogens (tertiary/aromatic N) is 1. The average Bonchev–Trinajstić information content (AvgIpc) is 2.99. The van der Waals surface area contributed by atoms with Gasteiger partial charge in [0, 0.05) is 12.6 Å². The number of alkyl halides is 1. The van der Waals surface area contributed by atoms with Crippen LogP contribution in [0.1, 0.15) is 45.9 Å². The molecule has 0 radical (unpaired) electrons. The zero-order valence-electron chi connectivity index (χ0n) is 17.3. The van der Waals surface area contributed by atoms with E-state index in [1.165, 1.54) is 10.8 Å². The number of allylic oxidation sites excluding steroid dienone is 1. The van der Waals surface area contributed by atoms with E-state index in [1.807, 2.05) is 0 Å². The highest BCUT2D eigenvalue weighted by Gasteiger charge is 2.36. The SMILES string of the molecule is C/C=C/c1cn(C2CC(Cl)C(COC(=O)CNC(=O)OC(C)(C)C)O2)c(=O)[nH]c1=O. The van der Waals surface area contributed by atoms with E-state index in [9.17, 15) is 19.2 Å². The Bertz CT molecular complexity index is 916. The van der Waals surface area contributed by atoms with E-state index in [2.05, 4.69) is 10.3 Å². The number of halogens is 1. The fourth-order valence-electron chi connectivity index (χ4n) is 2.71. The molecule has 1 fully saturated rings. The van der Waals surface area contributed by atoms with Gasteiger partial charge in [0.2, 0.25) is 0 Å². The maximum absolute atomic E-state index is 12.1. The number of aromatic nitrogens is 2. The Labute approximate surface area is 178 Å². The zero-order chi connectivity index (χ0) is 22.5. The molecule has 11 heteroatoms. The molecule has 2 N–H and O–H groups in total. The third kappa shape index (κ3) is 6.74. The lowest BCUT2D eigenvalue weighted by atomic mass is 10.2. The normalized spacial score (nSPS) is 21.6. The standard InChI is InChI=1S/C19H26ClN3O7/c1-5-6-11-9-23(17(26)22-16(11)25)14-7-12(20)13(29-14)10-28-15(24)8-21-18(27)30-19(2,3)4/h5-6,9,12-14H,7-8,10H2,1-4H3,(H,21,27)(H,22,25,26)/b6-5+. The number of aromatic amines is 1. The summed E-state index contributed by atoms with van der Waals surface area (Å²) in [7, 11) is 0. The van der Waals surface area contributed by atoms with Gasteiger partial charge in [0.15, 0.2) is 0 Å². The number of H-pyrrole nitrogens is 1. The first-order valence-electron chi connectivity index (χ1n) is 9.40. The van der Waals surface area contributed by atoms with Gasteiger partial charge in [-0.3, -0.25) is 19.1 Å². The van der Waals surface area contributed by atoms with Crippen LogP contribution in [0.4, 0.5) is 4.79 Å². The highest BCUT2D eigenvalue weighted by atomic mass is 35.5. The van der Waals surface area contributed by atoms with Crippen molar-refractivity contribution in [1.82, 2.24) is 14.9 Å². The summed E-state index contributed by atoms with van der Waals surface area (Å²) in [6, 6.07) is 0. The Hall–Kier alpha value is -2.59. The largest absolute Gasteiger partial charge is 0.462 e. The van der Waals surface area contributed by atoms with Gasteiger partial charge in [-0.25, -0.2) is 9.59 Å². The number of alkyl carbamates (subject to hydrolysis) is 1. The maximum Gasteiger partial charge on any atom is 0.408 e. The molecular weight excluding hydrogens is 418 g/mol. The van der Waals surface area contributed by atoms with Gasteiger partial charge in [0.1, 0.15) is 31.1 Å². The van der Waals surface area contributed by atoms with E-state index >= 15 is 0 Å². The van der Waals surface area contributed by atoms with Crippen molar-refractivity contribution in [1.29, 1.82) is 0 Å². The number of rotatable bonds is 6. The molecule has 2 rings (SSSR count). The van der Waals surface area contributed by atoms with E-state index in [1.54, 1.807) is 39.8 Å². The van der Waals surface area contributed by atoms with Crippen LogP contribution < -0.4 is 16.6 Å². The van der Waals surface area contributed by atoms with Gasteiger partial charge in [-0.15, -0.1) is 11.6 Å². The van der Waals surface area contributed by atoms with Crippen LogP contribution in [0.2, 0.25) is 0 Å². The quantitative estimate of drug-likeness (QED) is 0.503. The summed E-state index contributed by atoms with van der Waals surface area (Å²) in [5.41, 5.74) is -1.51. The van der Waals surface area contributed by atoms with E-state index in [-0.39, 0.29) is 19.6 Å². The molecule has 0 spiro atoms. The van der Waals surface area contributed by atoms with Crippen LogP contribution >= 0.6 is 11.6 Å². The van der Waals surface area contributed by atoms with E-state index in [0.29, 0.717) is 5.56 Å². The molecule has 10 nitrogen and oxygen atoms in total. The van der Waals surface area contributed by atoms with Gasteiger partial charge in [-0.1, -0.05) is 12.2 Å². The van der Waals surface area contributed by atoms with Crippen molar-refractivity contribution in [3.8, 4) is 0 Å². The van der Waals surface area contributed by atoms with Gasteiger partial charge in [0.25, 0.3) is 5.56 Å². The smallest absolute Gasteiger partial charge is 0.408 e. The summed E-state index contributed by atoms with van der Waals surface area (Å²) in [6.07, 6.45) is 2.80. The Kier molecular flexibility index (Phi) is 7.85. The third-order valence-electron chi connectivity index (χ3n) is 4.00. The first-order valence-corrected chi connectivity index (χ1v) is 9.84. The molecule has 0 bridgehead atoms. The second-order valence-corrected chi connectivity index (χ2v) is 8.23. The van der Waals surface area contributed by atoms with Crippen molar-refractivity contribution in [3.05, 3.63) is 38.7 Å². The van der Waals surface area contributed by atoms with Gasteiger partial charge in [0.05, 0.1) is 10.9 Å². The second kappa shape index (κ2) is 9.94. The first kappa shape index (κ1) is 23.7. The van der Waals surface area contributed by atoms with Crippen molar-refractivity contribution < 1.29 is 23.8 Å². The highest BCUT2D eigenvalue weighted by Crippen LogP contribution is 2.31. The fraction of sp³-hybridized carbons (Fsp3) is 0.579. The number of hydrogen-bond acceptors (Lipinski definition) is 7. The zero-order valence-corrected chi connectivity index (χ0v) is 18.0. The van der Waals surface area contributed by atoms with Crippen molar-refractivity contribution in [3.63, 3.8) is 0 Å². The molecule has 0 aliphatic carbocycles. The van der Waals surface area contributed by atoms with Crippen LogP contribution in [0.3, 0.4) is 0 Å². The number of amides is 1. The van der Waals surface area contributed by atoms with Crippen molar-refractivity contribution >= 4 is 29.7 Å². The lowest BCUT2D eigenvalue weighted by Gasteiger charge is -2.19. The van der Waals surface area contributed by atoms with Crippen LogP contribution in [0.25, 0.3) is 6.08 Å². The summed E-state index contributed by atoms with van der Waals surface area (Å²) < 4.78 is 17.1. The molecule has 1 aromatic rings. The Morgan fingerprint density at radius 2 is 2.10 bits per heavy atom. The minimum absolute atomic E-state index is 0.153. The Balaban J connectivity index is 1.91. The molecule has 1 aromatic heterocycles. The minimum Gasteiger partial charge on any atom is -0.462 e. The molecule has 1 aliphatic rings. The van der Waals surface area contributed by atoms with Crippen molar-refractivity contribution in [2.45, 2.75) is 57.4 Å². The molecule has 0 aromatic carbocycles. The van der Waals surface area contributed by atoms with Crippen LogP contribution in [-0.2, 0) is 19.0 Å². The third-order valence-corrected chi connectivity index (χ3v) is 4.46. The molecule has 1 amide bonds. The van der Waals surface area contributed by atoms with Crippen molar-refractivity contribution in [2.24, 2.45) is 0 Å². The van der Waals surface area contributed by atoms with Gasteiger partial charge < -0.3 is 19.5 Å². The van der Waals surface area contributed by atoms with E-state index < -0.39 is 46.6 Å². The summed E-state index contributed by atoms with van der Waals surface area (Å²) in [5, 5.41) is 1.77. The van der Waals surface area contributed by atoms with Crippen LogP contribution in [0.15, 0.2) is 21.9 Å². The fourth-order valence-corrected chi connectivity index (χ4v) is 2.99. The summed E-state index contributed by atoms with van der Waals surface area (Å²) in [4.78, 5) is 49.6. The van der Waals surface area contributed by atoms with Crippen LogP contribution in [-0.4, -0.2) is 51.8 Å². The Morgan fingerprint density at radius 3 is 2.73 bits per heavy atom. The highest BCUT2D eigenvalue weighted by molar-refractivity contribution is 6.21. The number of hydrogen-bond donors (Lipinski definition) is 2. The molecule has 0 saturated carbocycles. The number of ether oxygens (including phenoxy) is 3. The predicted molar refractivity (Wildman–Crippen MR) is 109 cm³/mol. The molecule has 30 heavy (non-hydrogen) atoms. The van der Waals surface area contributed by atoms with Gasteiger partial charge in [-0.05, 0) is 27.7 Å². The topological polar surface area (TPSA) is 129 Å².